The second-order valence-electron chi connectivity index (χ2n) is 5.27. The van der Waals surface area contributed by atoms with E-state index in [0.717, 1.165) is 5.75 Å². The van der Waals surface area contributed by atoms with E-state index in [1.807, 2.05) is 12.1 Å². The molecular weight excluding hydrogens is 322 g/mol. The Morgan fingerprint density at radius 2 is 1.92 bits per heavy atom. The van der Waals surface area contributed by atoms with Crippen molar-refractivity contribution in [2.75, 3.05) is 17.7 Å². The van der Waals surface area contributed by atoms with Crippen molar-refractivity contribution in [1.82, 2.24) is 0 Å². The summed E-state index contributed by atoms with van der Waals surface area (Å²) in [4.78, 5) is 23.8. The van der Waals surface area contributed by atoms with E-state index in [2.05, 4.69) is 24.4 Å². The van der Waals surface area contributed by atoms with Gasteiger partial charge in [0.2, 0.25) is 5.91 Å². The van der Waals surface area contributed by atoms with Crippen molar-refractivity contribution in [3.05, 3.63) is 65.2 Å². The molecule has 4 nitrogen and oxygen atoms in total. The number of amides is 1. The standard InChI is InChI=1S/C19H21NO3S/c1-3-23-19(22)15-9-6-10-17(11-15)20-18(21)13-24-12-16-8-5-4-7-14(16)2/h4-11H,3,12-13H2,1-2H3,(H,20,21). The molecule has 0 atom stereocenters. The van der Waals surface area contributed by atoms with Gasteiger partial charge < -0.3 is 10.1 Å². The zero-order valence-electron chi connectivity index (χ0n) is 13.9. The Balaban J connectivity index is 1.85. The van der Waals surface area contributed by atoms with Crippen LogP contribution in [0.15, 0.2) is 48.5 Å². The molecule has 0 aliphatic rings. The highest BCUT2D eigenvalue weighted by Gasteiger charge is 2.09. The second kappa shape index (κ2) is 9.13. The van der Waals surface area contributed by atoms with E-state index < -0.39 is 0 Å². The number of anilines is 1. The van der Waals surface area contributed by atoms with Gasteiger partial charge in [-0.3, -0.25) is 4.79 Å². The van der Waals surface area contributed by atoms with Gasteiger partial charge in [-0.2, -0.15) is 0 Å². The Hall–Kier alpha value is -2.27. The maximum absolute atomic E-state index is 12.0. The zero-order valence-corrected chi connectivity index (χ0v) is 14.7. The summed E-state index contributed by atoms with van der Waals surface area (Å²) in [6.45, 7) is 4.15. The molecule has 0 heterocycles. The zero-order chi connectivity index (χ0) is 17.4. The van der Waals surface area contributed by atoms with Gasteiger partial charge in [0.05, 0.1) is 17.9 Å². The number of esters is 1. The van der Waals surface area contributed by atoms with Gasteiger partial charge in [-0.15, -0.1) is 11.8 Å². The van der Waals surface area contributed by atoms with Crippen molar-refractivity contribution in [2.45, 2.75) is 19.6 Å². The lowest BCUT2D eigenvalue weighted by molar-refractivity contribution is -0.113. The molecule has 2 aromatic carbocycles. The quantitative estimate of drug-likeness (QED) is 0.771. The smallest absolute Gasteiger partial charge is 0.338 e. The van der Waals surface area contributed by atoms with E-state index in [1.165, 1.54) is 11.1 Å². The van der Waals surface area contributed by atoms with Gasteiger partial charge in [0.25, 0.3) is 0 Å². The molecule has 0 bridgehead atoms. The van der Waals surface area contributed by atoms with Gasteiger partial charge in [0, 0.05) is 11.4 Å². The van der Waals surface area contributed by atoms with Crippen LogP contribution in [0.5, 0.6) is 0 Å². The highest BCUT2D eigenvalue weighted by Crippen LogP contribution is 2.17. The first-order chi connectivity index (χ1) is 11.6. The minimum atomic E-state index is -0.387. The number of rotatable bonds is 7. The number of benzene rings is 2. The number of carbonyl (C=O) groups excluding carboxylic acids is 2. The molecule has 0 saturated carbocycles. The Kier molecular flexibility index (Phi) is 6.88. The molecular formula is C19H21NO3S. The fraction of sp³-hybridized carbons (Fsp3) is 0.263. The van der Waals surface area contributed by atoms with Crippen LogP contribution >= 0.6 is 11.8 Å². The molecule has 0 unspecified atom stereocenters. The first kappa shape index (κ1) is 18.1. The summed E-state index contributed by atoms with van der Waals surface area (Å²) in [6.07, 6.45) is 0. The summed E-state index contributed by atoms with van der Waals surface area (Å²) < 4.78 is 4.96. The molecule has 0 saturated heterocycles. The first-order valence-corrected chi connectivity index (χ1v) is 8.95. The molecule has 0 aromatic heterocycles. The number of carbonyl (C=O) groups is 2. The number of aryl methyl sites for hydroxylation is 1. The topological polar surface area (TPSA) is 55.4 Å². The van der Waals surface area contributed by atoms with Crippen molar-refractivity contribution in [2.24, 2.45) is 0 Å². The number of hydrogen-bond donors (Lipinski definition) is 1. The van der Waals surface area contributed by atoms with Gasteiger partial charge in [-0.1, -0.05) is 30.3 Å². The number of thioether (sulfide) groups is 1. The SMILES string of the molecule is CCOC(=O)c1cccc(NC(=O)CSCc2ccccc2C)c1. The van der Waals surface area contributed by atoms with Crippen LogP contribution in [0, 0.1) is 6.92 Å². The Bertz CT molecular complexity index is 715. The largest absolute Gasteiger partial charge is 0.462 e. The summed E-state index contributed by atoms with van der Waals surface area (Å²) in [5, 5.41) is 2.81. The van der Waals surface area contributed by atoms with E-state index in [4.69, 9.17) is 4.74 Å². The molecule has 2 aromatic rings. The molecule has 126 valence electrons. The van der Waals surface area contributed by atoms with Gasteiger partial charge in [-0.25, -0.2) is 4.79 Å². The first-order valence-electron chi connectivity index (χ1n) is 7.79. The molecule has 1 amide bonds. The fourth-order valence-corrected chi connectivity index (χ4v) is 3.06. The van der Waals surface area contributed by atoms with Crippen LogP contribution in [-0.2, 0) is 15.3 Å². The van der Waals surface area contributed by atoms with E-state index >= 15 is 0 Å². The molecule has 0 fully saturated rings. The van der Waals surface area contributed by atoms with E-state index in [-0.39, 0.29) is 11.9 Å². The molecule has 2 rings (SSSR count). The molecule has 1 N–H and O–H groups in total. The highest BCUT2D eigenvalue weighted by molar-refractivity contribution is 7.99. The van der Waals surface area contributed by atoms with Crippen molar-refractivity contribution in [3.63, 3.8) is 0 Å². The number of nitrogens with one attached hydrogen (secondary N) is 1. The summed E-state index contributed by atoms with van der Waals surface area (Å²) in [6, 6.07) is 14.9. The van der Waals surface area contributed by atoms with Crippen LogP contribution < -0.4 is 5.32 Å². The lowest BCUT2D eigenvalue weighted by atomic mass is 10.1. The van der Waals surface area contributed by atoms with E-state index in [0.29, 0.717) is 23.6 Å². The van der Waals surface area contributed by atoms with Crippen LogP contribution in [-0.4, -0.2) is 24.2 Å². The number of hydrogen-bond acceptors (Lipinski definition) is 4. The normalized spacial score (nSPS) is 10.2. The van der Waals surface area contributed by atoms with Crippen molar-refractivity contribution in [3.8, 4) is 0 Å². The van der Waals surface area contributed by atoms with Crippen LogP contribution in [0.1, 0.15) is 28.4 Å². The Labute approximate surface area is 146 Å². The fourth-order valence-electron chi connectivity index (χ4n) is 2.16. The Morgan fingerprint density at radius 3 is 2.67 bits per heavy atom. The minimum Gasteiger partial charge on any atom is -0.462 e. The van der Waals surface area contributed by atoms with Crippen molar-refractivity contribution in [1.29, 1.82) is 0 Å². The highest BCUT2D eigenvalue weighted by atomic mass is 32.2. The lowest BCUT2D eigenvalue weighted by Gasteiger charge is -2.08. The van der Waals surface area contributed by atoms with Crippen molar-refractivity contribution >= 4 is 29.3 Å². The van der Waals surface area contributed by atoms with E-state index in [1.54, 1.807) is 43.0 Å². The number of ether oxygens (including phenoxy) is 1. The molecule has 0 radical (unpaired) electrons. The van der Waals surface area contributed by atoms with Crippen LogP contribution in [0.2, 0.25) is 0 Å². The van der Waals surface area contributed by atoms with Gasteiger partial charge in [0.15, 0.2) is 0 Å². The van der Waals surface area contributed by atoms with Crippen molar-refractivity contribution < 1.29 is 14.3 Å². The molecule has 0 aliphatic carbocycles. The third-order valence-electron chi connectivity index (χ3n) is 3.41. The van der Waals surface area contributed by atoms with Crippen LogP contribution in [0.3, 0.4) is 0 Å². The second-order valence-corrected chi connectivity index (χ2v) is 6.25. The summed E-state index contributed by atoms with van der Waals surface area (Å²) in [7, 11) is 0. The summed E-state index contributed by atoms with van der Waals surface area (Å²) in [5.74, 6) is 0.679. The maximum atomic E-state index is 12.0. The third kappa shape index (κ3) is 5.42. The van der Waals surface area contributed by atoms with Gasteiger partial charge in [-0.05, 0) is 43.2 Å². The predicted octanol–water partition coefficient (Wildman–Crippen LogP) is 4.04. The van der Waals surface area contributed by atoms with Gasteiger partial charge in [0.1, 0.15) is 0 Å². The molecule has 24 heavy (non-hydrogen) atoms. The average molecular weight is 343 g/mol. The summed E-state index contributed by atoms with van der Waals surface area (Å²) in [5.41, 5.74) is 3.50. The minimum absolute atomic E-state index is 0.0883. The molecule has 0 aliphatic heterocycles. The predicted molar refractivity (Wildman–Crippen MR) is 98.4 cm³/mol. The van der Waals surface area contributed by atoms with Gasteiger partial charge >= 0.3 is 5.97 Å². The monoisotopic (exact) mass is 343 g/mol. The van der Waals surface area contributed by atoms with E-state index in [9.17, 15) is 9.59 Å². The third-order valence-corrected chi connectivity index (χ3v) is 4.39. The molecule has 0 spiro atoms. The lowest BCUT2D eigenvalue weighted by Crippen LogP contribution is -2.15. The average Bonchev–Trinajstić information content (AvgIpc) is 2.57. The summed E-state index contributed by atoms with van der Waals surface area (Å²) >= 11 is 1.56. The maximum Gasteiger partial charge on any atom is 0.338 e. The Morgan fingerprint density at radius 1 is 1.12 bits per heavy atom. The molecule has 5 heteroatoms. The van der Waals surface area contributed by atoms with Crippen LogP contribution in [0.4, 0.5) is 5.69 Å². The van der Waals surface area contributed by atoms with Crippen LogP contribution in [0.25, 0.3) is 0 Å².